The van der Waals surface area contributed by atoms with E-state index in [0.717, 1.165) is 30.1 Å². The molecule has 1 atom stereocenters. The Morgan fingerprint density at radius 3 is 2.88 bits per heavy atom. The lowest BCUT2D eigenvalue weighted by Gasteiger charge is -2.12. The molecule has 2 nitrogen and oxygen atoms in total. The maximum absolute atomic E-state index is 10.5. The van der Waals surface area contributed by atoms with Crippen LogP contribution in [0.3, 0.4) is 0 Å². The zero-order valence-corrected chi connectivity index (χ0v) is 10.7. The normalized spacial score (nSPS) is 16.6. The zero-order valence-electron chi connectivity index (χ0n) is 9.99. The van der Waals surface area contributed by atoms with Gasteiger partial charge >= 0.3 is 0 Å². The molecule has 0 aliphatic heterocycles. The van der Waals surface area contributed by atoms with E-state index in [0.29, 0.717) is 11.4 Å². The molecule has 0 heterocycles. The fraction of sp³-hybridized carbons (Fsp3) is 0.500. The zero-order chi connectivity index (χ0) is 12.3. The average molecular weight is 253 g/mol. The minimum Gasteiger partial charge on any atom is -0.493 e. The number of aldehydes is 1. The monoisotopic (exact) mass is 252 g/mol. The van der Waals surface area contributed by atoms with Gasteiger partial charge in [0.25, 0.3) is 0 Å². The molecule has 0 radical (unpaired) electrons. The van der Waals surface area contributed by atoms with Crippen LogP contribution in [-0.2, 0) is 4.79 Å². The summed E-state index contributed by atoms with van der Waals surface area (Å²) in [5, 5.41) is 0.672. The molecule has 1 aliphatic rings. The molecule has 0 saturated heterocycles. The summed E-state index contributed by atoms with van der Waals surface area (Å²) in [6, 6.07) is 5.73. The summed E-state index contributed by atoms with van der Waals surface area (Å²) >= 11 is 6.06. The average Bonchev–Trinajstić information content (AvgIpc) is 3.10. The molecule has 92 valence electrons. The van der Waals surface area contributed by atoms with E-state index in [1.54, 1.807) is 0 Å². The lowest BCUT2D eigenvalue weighted by Crippen LogP contribution is -2.01. The van der Waals surface area contributed by atoms with Crippen molar-refractivity contribution < 1.29 is 9.53 Å². The highest BCUT2D eigenvalue weighted by atomic mass is 35.5. The van der Waals surface area contributed by atoms with Crippen molar-refractivity contribution in [3.8, 4) is 5.75 Å². The second-order valence-electron chi connectivity index (χ2n) is 4.78. The van der Waals surface area contributed by atoms with Crippen molar-refractivity contribution in [3.63, 3.8) is 0 Å². The maximum atomic E-state index is 10.5. The Morgan fingerprint density at radius 1 is 1.47 bits per heavy atom. The summed E-state index contributed by atoms with van der Waals surface area (Å²) in [4.78, 5) is 10.5. The molecule has 1 fully saturated rings. The molecule has 1 unspecified atom stereocenters. The third-order valence-corrected chi connectivity index (χ3v) is 3.31. The van der Waals surface area contributed by atoms with Crippen LogP contribution in [0.2, 0.25) is 5.02 Å². The number of carbonyl (C=O) groups is 1. The van der Waals surface area contributed by atoms with Crippen molar-refractivity contribution in [2.75, 3.05) is 6.61 Å². The molecule has 0 bridgehead atoms. The summed E-state index contributed by atoms with van der Waals surface area (Å²) in [6.45, 7) is 2.80. The Hall–Kier alpha value is -1.02. The van der Waals surface area contributed by atoms with Crippen molar-refractivity contribution in [2.45, 2.75) is 32.1 Å². The predicted molar refractivity (Wildman–Crippen MR) is 68.8 cm³/mol. The molecule has 1 aliphatic carbocycles. The molecule has 17 heavy (non-hydrogen) atoms. The highest BCUT2D eigenvalue weighted by Gasteiger charge is 2.22. The first-order valence-electron chi connectivity index (χ1n) is 6.06. The second-order valence-corrected chi connectivity index (χ2v) is 5.21. The van der Waals surface area contributed by atoms with Crippen molar-refractivity contribution in [2.24, 2.45) is 5.92 Å². The van der Waals surface area contributed by atoms with Gasteiger partial charge in [-0.15, -0.1) is 0 Å². The van der Waals surface area contributed by atoms with Crippen LogP contribution in [0, 0.1) is 5.92 Å². The first-order chi connectivity index (χ1) is 8.19. The van der Waals surface area contributed by atoms with Crippen molar-refractivity contribution in [1.82, 2.24) is 0 Å². The Labute approximate surface area is 107 Å². The number of ether oxygens (including phenoxy) is 1. The molecular formula is C14H17ClO2. The molecular weight excluding hydrogens is 236 g/mol. The third kappa shape index (κ3) is 3.74. The van der Waals surface area contributed by atoms with Crippen LogP contribution in [0.5, 0.6) is 5.75 Å². The Morgan fingerprint density at radius 2 is 2.24 bits per heavy atom. The minimum atomic E-state index is 0.189. The van der Waals surface area contributed by atoms with Crippen molar-refractivity contribution >= 4 is 17.9 Å². The molecule has 2 rings (SSSR count). The van der Waals surface area contributed by atoms with Crippen LogP contribution in [0.4, 0.5) is 0 Å². The van der Waals surface area contributed by atoms with E-state index in [-0.39, 0.29) is 5.92 Å². The third-order valence-electron chi connectivity index (χ3n) is 3.10. The van der Waals surface area contributed by atoms with Crippen molar-refractivity contribution in [3.05, 3.63) is 28.8 Å². The lowest BCUT2D eigenvalue weighted by molar-refractivity contribution is -0.108. The van der Waals surface area contributed by atoms with Gasteiger partial charge in [-0.05, 0) is 48.4 Å². The van der Waals surface area contributed by atoms with Gasteiger partial charge in [0.15, 0.2) is 0 Å². The van der Waals surface area contributed by atoms with Gasteiger partial charge in [-0.2, -0.15) is 0 Å². The molecule has 1 aromatic carbocycles. The second kappa shape index (κ2) is 5.54. The highest BCUT2D eigenvalue weighted by Crippen LogP contribution is 2.31. The number of rotatable bonds is 6. The SMILES string of the molecule is CC(CC=O)c1cc(Cl)cc(OCC2CC2)c1. The predicted octanol–water partition coefficient (Wildman–Crippen LogP) is 3.82. The first-order valence-corrected chi connectivity index (χ1v) is 6.43. The van der Waals surface area contributed by atoms with Crippen LogP contribution >= 0.6 is 11.6 Å². The molecule has 1 saturated carbocycles. The number of hydrogen-bond acceptors (Lipinski definition) is 2. The van der Waals surface area contributed by atoms with Gasteiger partial charge in [0.1, 0.15) is 12.0 Å². The fourth-order valence-electron chi connectivity index (χ4n) is 1.73. The molecule has 0 aromatic heterocycles. The minimum absolute atomic E-state index is 0.189. The summed E-state index contributed by atoms with van der Waals surface area (Å²) in [6.07, 6.45) is 4.00. The van der Waals surface area contributed by atoms with E-state index in [9.17, 15) is 4.79 Å². The van der Waals surface area contributed by atoms with E-state index in [2.05, 4.69) is 0 Å². The Kier molecular flexibility index (Phi) is 4.06. The summed E-state index contributed by atoms with van der Waals surface area (Å²) in [5.41, 5.74) is 1.07. The van der Waals surface area contributed by atoms with Gasteiger partial charge in [-0.3, -0.25) is 0 Å². The van der Waals surface area contributed by atoms with Crippen LogP contribution in [0.25, 0.3) is 0 Å². The molecule has 1 aromatic rings. The molecule has 3 heteroatoms. The van der Waals surface area contributed by atoms with Gasteiger partial charge < -0.3 is 9.53 Å². The number of halogens is 1. The van der Waals surface area contributed by atoms with Gasteiger partial charge in [-0.1, -0.05) is 18.5 Å². The van der Waals surface area contributed by atoms with Crippen LogP contribution in [0.1, 0.15) is 37.7 Å². The van der Waals surface area contributed by atoms with E-state index in [1.165, 1.54) is 12.8 Å². The molecule has 0 N–H and O–H groups in total. The largest absolute Gasteiger partial charge is 0.493 e. The van der Waals surface area contributed by atoms with Crippen LogP contribution in [0.15, 0.2) is 18.2 Å². The Bertz CT molecular complexity index is 399. The highest BCUT2D eigenvalue weighted by molar-refractivity contribution is 6.30. The van der Waals surface area contributed by atoms with Crippen LogP contribution < -0.4 is 4.74 Å². The quantitative estimate of drug-likeness (QED) is 0.720. The summed E-state index contributed by atoms with van der Waals surface area (Å²) in [7, 11) is 0. The van der Waals surface area contributed by atoms with E-state index in [1.807, 2.05) is 25.1 Å². The summed E-state index contributed by atoms with van der Waals surface area (Å²) < 4.78 is 5.71. The molecule has 0 amide bonds. The first kappa shape index (κ1) is 12.4. The fourth-order valence-corrected chi connectivity index (χ4v) is 1.96. The smallest absolute Gasteiger partial charge is 0.121 e. The van der Waals surface area contributed by atoms with Gasteiger partial charge in [-0.25, -0.2) is 0 Å². The number of carbonyl (C=O) groups excluding carboxylic acids is 1. The number of hydrogen-bond donors (Lipinski definition) is 0. The van der Waals surface area contributed by atoms with Gasteiger partial charge in [0.2, 0.25) is 0 Å². The number of benzene rings is 1. The van der Waals surface area contributed by atoms with Crippen LogP contribution in [-0.4, -0.2) is 12.9 Å². The maximum Gasteiger partial charge on any atom is 0.121 e. The Balaban J connectivity index is 2.06. The summed E-state index contributed by atoms with van der Waals surface area (Å²) in [5.74, 6) is 1.73. The van der Waals surface area contributed by atoms with E-state index in [4.69, 9.17) is 16.3 Å². The standard InChI is InChI=1S/C14H17ClO2/c1-10(4-5-16)12-6-13(15)8-14(7-12)17-9-11-2-3-11/h5-8,10-11H,2-4,9H2,1H3. The molecule has 0 spiro atoms. The van der Waals surface area contributed by atoms with Gasteiger partial charge in [0, 0.05) is 11.4 Å². The van der Waals surface area contributed by atoms with E-state index >= 15 is 0 Å². The van der Waals surface area contributed by atoms with E-state index < -0.39 is 0 Å². The topological polar surface area (TPSA) is 26.3 Å². The van der Waals surface area contributed by atoms with Gasteiger partial charge in [0.05, 0.1) is 6.61 Å². The lowest BCUT2D eigenvalue weighted by atomic mass is 9.98. The van der Waals surface area contributed by atoms with Crippen molar-refractivity contribution in [1.29, 1.82) is 0 Å².